The molecule has 4 N–H and O–H groups in total. The molecule has 3 aromatic rings. The van der Waals surface area contributed by atoms with Crippen LogP contribution in [0, 0.1) is 13.8 Å². The number of nitrogen functional groups attached to an aromatic ring is 1. The number of aryl methyl sites for hydroxylation is 2. The van der Waals surface area contributed by atoms with Gasteiger partial charge in [-0.25, -0.2) is 9.97 Å². The summed E-state index contributed by atoms with van der Waals surface area (Å²) >= 11 is 0. The zero-order chi connectivity index (χ0) is 18.3. The lowest BCUT2D eigenvalue weighted by molar-refractivity contribution is 0.236. The highest BCUT2D eigenvalue weighted by molar-refractivity contribution is 5.58. The third-order valence-corrected chi connectivity index (χ3v) is 4.88. The topological polar surface area (TPSA) is 104 Å². The number of nitrogens with zero attached hydrogens (tertiary/aromatic N) is 3. The first-order chi connectivity index (χ1) is 12.5. The lowest BCUT2D eigenvalue weighted by Crippen LogP contribution is -2.35. The molecule has 7 heteroatoms. The smallest absolute Gasteiger partial charge is 0.255 e. The molecule has 1 aliphatic rings. The van der Waals surface area contributed by atoms with Gasteiger partial charge in [0.25, 0.3) is 5.56 Å². The second-order valence-electron chi connectivity index (χ2n) is 6.82. The summed E-state index contributed by atoms with van der Waals surface area (Å²) in [6.45, 7) is 6.15. The summed E-state index contributed by atoms with van der Waals surface area (Å²) < 4.78 is 0. The molecular weight excluding hydrogens is 328 g/mol. The minimum Gasteiger partial charge on any atom is -0.399 e. The van der Waals surface area contributed by atoms with Gasteiger partial charge < -0.3 is 15.7 Å². The molecule has 0 amide bonds. The van der Waals surface area contributed by atoms with Crippen molar-refractivity contribution in [1.82, 2.24) is 24.8 Å². The Morgan fingerprint density at radius 2 is 1.92 bits per heavy atom. The van der Waals surface area contributed by atoms with Crippen LogP contribution >= 0.6 is 0 Å². The number of hydrogen-bond acceptors (Lipinski definition) is 5. The van der Waals surface area contributed by atoms with Gasteiger partial charge in [-0.15, -0.1) is 0 Å². The summed E-state index contributed by atoms with van der Waals surface area (Å²) in [5, 5.41) is 0. The first-order valence-corrected chi connectivity index (χ1v) is 8.72. The summed E-state index contributed by atoms with van der Waals surface area (Å²) in [6.07, 6.45) is 0.750. The zero-order valence-corrected chi connectivity index (χ0v) is 15.0. The molecule has 0 radical (unpaired) electrons. The van der Waals surface area contributed by atoms with Gasteiger partial charge in [0, 0.05) is 36.5 Å². The Hall–Kier alpha value is -2.93. The summed E-state index contributed by atoms with van der Waals surface area (Å²) in [5.74, 6) is 1.53. The molecule has 1 aromatic carbocycles. The molecule has 0 fully saturated rings. The van der Waals surface area contributed by atoms with Crippen molar-refractivity contribution in [2.45, 2.75) is 33.4 Å². The Balaban J connectivity index is 1.58. The minimum absolute atomic E-state index is 0.0710. The van der Waals surface area contributed by atoms with Crippen LogP contribution in [0.1, 0.15) is 28.5 Å². The van der Waals surface area contributed by atoms with E-state index in [0.29, 0.717) is 24.6 Å². The number of fused-ring (bicyclic) bond motifs is 1. The van der Waals surface area contributed by atoms with Crippen LogP contribution in [0.2, 0.25) is 0 Å². The quantitative estimate of drug-likeness (QED) is 0.626. The predicted octanol–water partition coefficient (Wildman–Crippen LogP) is 1.92. The number of benzene rings is 1. The van der Waals surface area contributed by atoms with Gasteiger partial charge in [0.05, 0.1) is 23.5 Å². The van der Waals surface area contributed by atoms with E-state index >= 15 is 0 Å². The molecule has 0 unspecified atom stereocenters. The third-order valence-electron chi connectivity index (χ3n) is 4.88. The van der Waals surface area contributed by atoms with Crippen LogP contribution in [0.3, 0.4) is 0 Å². The van der Waals surface area contributed by atoms with E-state index in [-0.39, 0.29) is 5.56 Å². The molecule has 4 rings (SSSR count). The zero-order valence-electron chi connectivity index (χ0n) is 15.0. The highest BCUT2D eigenvalue weighted by Gasteiger charge is 2.22. The largest absolute Gasteiger partial charge is 0.399 e. The van der Waals surface area contributed by atoms with E-state index in [2.05, 4.69) is 24.8 Å². The standard InChI is InChI=1S/C19H22N6O/c1-11-12(2)22-17(21-11)10-25-8-7-16-15(9-25)19(26)24-18(23-16)13-3-5-14(20)6-4-13/h3-6H,7-10,20H2,1-2H3,(H,21,22)(H,23,24,26). The summed E-state index contributed by atoms with van der Waals surface area (Å²) in [5.41, 5.74) is 10.9. The van der Waals surface area contributed by atoms with Crippen molar-refractivity contribution in [3.05, 3.63) is 63.1 Å². The van der Waals surface area contributed by atoms with E-state index in [4.69, 9.17) is 5.73 Å². The predicted molar refractivity (Wildman–Crippen MR) is 101 cm³/mol. The molecule has 0 bridgehead atoms. The van der Waals surface area contributed by atoms with Crippen LogP contribution in [-0.4, -0.2) is 31.4 Å². The monoisotopic (exact) mass is 350 g/mol. The number of nitrogens with two attached hydrogens (primary N) is 1. The molecular formula is C19H22N6O. The van der Waals surface area contributed by atoms with Gasteiger partial charge in [-0.3, -0.25) is 9.69 Å². The average Bonchev–Trinajstić information content (AvgIpc) is 2.93. The normalized spacial score (nSPS) is 14.4. The van der Waals surface area contributed by atoms with Crippen LogP contribution in [0.5, 0.6) is 0 Å². The maximum absolute atomic E-state index is 12.6. The van der Waals surface area contributed by atoms with Crippen molar-refractivity contribution in [2.24, 2.45) is 0 Å². The summed E-state index contributed by atoms with van der Waals surface area (Å²) in [6, 6.07) is 7.36. The van der Waals surface area contributed by atoms with Crippen LogP contribution < -0.4 is 11.3 Å². The van der Waals surface area contributed by atoms with Crippen LogP contribution in [0.4, 0.5) is 5.69 Å². The van der Waals surface area contributed by atoms with Crippen molar-refractivity contribution in [3.8, 4) is 11.4 Å². The van der Waals surface area contributed by atoms with Gasteiger partial charge in [-0.1, -0.05) is 0 Å². The van der Waals surface area contributed by atoms with Crippen molar-refractivity contribution in [2.75, 3.05) is 12.3 Å². The Labute approximate surface area is 151 Å². The molecule has 134 valence electrons. The van der Waals surface area contributed by atoms with E-state index in [1.165, 1.54) is 0 Å². The van der Waals surface area contributed by atoms with Gasteiger partial charge in [0.15, 0.2) is 0 Å². The highest BCUT2D eigenvalue weighted by Crippen LogP contribution is 2.20. The molecule has 0 saturated heterocycles. The number of aromatic amines is 2. The SMILES string of the molecule is Cc1nc(CN2CCc3nc(-c4ccc(N)cc4)[nH]c(=O)c3C2)[nH]c1C. The Bertz CT molecular complexity index is 982. The molecule has 2 aromatic heterocycles. The van der Waals surface area contributed by atoms with Crippen molar-refractivity contribution in [1.29, 1.82) is 0 Å². The van der Waals surface area contributed by atoms with Gasteiger partial charge in [0.2, 0.25) is 0 Å². The molecule has 1 aliphatic heterocycles. The van der Waals surface area contributed by atoms with Gasteiger partial charge in [-0.2, -0.15) is 0 Å². The average molecular weight is 350 g/mol. The first-order valence-electron chi connectivity index (χ1n) is 8.72. The number of nitrogens with one attached hydrogen (secondary N) is 2. The molecule has 0 spiro atoms. The van der Waals surface area contributed by atoms with Crippen LogP contribution in [-0.2, 0) is 19.5 Å². The lowest BCUT2D eigenvalue weighted by Gasteiger charge is -2.26. The molecule has 3 heterocycles. The maximum atomic E-state index is 12.6. The fraction of sp³-hybridized carbons (Fsp3) is 0.316. The molecule has 7 nitrogen and oxygen atoms in total. The maximum Gasteiger partial charge on any atom is 0.255 e. The van der Waals surface area contributed by atoms with E-state index in [1.807, 2.05) is 38.1 Å². The van der Waals surface area contributed by atoms with Crippen LogP contribution in [0.15, 0.2) is 29.1 Å². The van der Waals surface area contributed by atoms with E-state index in [9.17, 15) is 4.79 Å². The Morgan fingerprint density at radius 3 is 2.62 bits per heavy atom. The Kier molecular flexibility index (Phi) is 4.08. The molecule has 0 aliphatic carbocycles. The number of H-pyrrole nitrogens is 2. The van der Waals surface area contributed by atoms with Crippen LogP contribution in [0.25, 0.3) is 11.4 Å². The number of anilines is 1. The van der Waals surface area contributed by atoms with E-state index in [1.54, 1.807) is 0 Å². The minimum atomic E-state index is -0.0710. The van der Waals surface area contributed by atoms with Gasteiger partial charge >= 0.3 is 0 Å². The lowest BCUT2D eigenvalue weighted by atomic mass is 10.1. The van der Waals surface area contributed by atoms with Gasteiger partial charge in [-0.05, 0) is 38.1 Å². The number of aromatic nitrogens is 4. The first kappa shape index (κ1) is 16.5. The van der Waals surface area contributed by atoms with E-state index in [0.717, 1.165) is 47.0 Å². The molecule has 26 heavy (non-hydrogen) atoms. The summed E-state index contributed by atoms with van der Waals surface area (Å²) in [7, 11) is 0. The van der Waals surface area contributed by atoms with E-state index < -0.39 is 0 Å². The van der Waals surface area contributed by atoms with Crippen molar-refractivity contribution in [3.63, 3.8) is 0 Å². The second kappa shape index (κ2) is 6.42. The molecule has 0 saturated carbocycles. The number of imidazole rings is 1. The fourth-order valence-corrected chi connectivity index (χ4v) is 3.30. The van der Waals surface area contributed by atoms with Crippen molar-refractivity contribution >= 4 is 5.69 Å². The highest BCUT2D eigenvalue weighted by atomic mass is 16.1. The summed E-state index contributed by atoms with van der Waals surface area (Å²) in [4.78, 5) is 30.3. The Morgan fingerprint density at radius 1 is 1.15 bits per heavy atom. The molecule has 0 atom stereocenters. The number of hydrogen-bond donors (Lipinski definition) is 3. The van der Waals surface area contributed by atoms with Crippen molar-refractivity contribution < 1.29 is 0 Å². The third kappa shape index (κ3) is 3.13. The fourth-order valence-electron chi connectivity index (χ4n) is 3.30. The number of rotatable bonds is 3. The van der Waals surface area contributed by atoms with Gasteiger partial charge in [0.1, 0.15) is 11.6 Å². The second-order valence-corrected chi connectivity index (χ2v) is 6.82.